The van der Waals surface area contributed by atoms with Crippen LogP contribution in [-0.2, 0) is 9.47 Å². The Bertz CT molecular complexity index is 416. The molecule has 1 saturated heterocycles. The second kappa shape index (κ2) is 5.14. The summed E-state index contributed by atoms with van der Waals surface area (Å²) in [4.78, 5) is 11.3. The van der Waals surface area contributed by atoms with Gasteiger partial charge in [-0.1, -0.05) is 0 Å². The Hall–Kier alpha value is -1.62. The van der Waals surface area contributed by atoms with Crippen LogP contribution in [0.25, 0.3) is 0 Å². The maximum absolute atomic E-state index is 13.4. The van der Waals surface area contributed by atoms with E-state index >= 15 is 0 Å². The number of hydrogen-bond acceptors (Lipinski definition) is 4. The summed E-state index contributed by atoms with van der Waals surface area (Å²) in [7, 11) is 1.23. The quantitative estimate of drug-likeness (QED) is 0.817. The molecule has 0 aromatic heterocycles. The lowest BCUT2D eigenvalue weighted by Crippen LogP contribution is -2.19. The summed E-state index contributed by atoms with van der Waals surface area (Å²) in [6.07, 6.45) is 0.908. The maximum Gasteiger partial charge on any atom is 0.340 e. The Morgan fingerprint density at radius 1 is 1.59 bits per heavy atom. The van der Waals surface area contributed by atoms with Crippen molar-refractivity contribution in [2.24, 2.45) is 0 Å². The minimum Gasteiger partial charge on any atom is -0.465 e. The molecule has 4 nitrogen and oxygen atoms in total. The first kappa shape index (κ1) is 11.9. The molecule has 5 heteroatoms. The molecule has 1 aliphatic rings. The summed E-state index contributed by atoms with van der Waals surface area (Å²) in [5, 5.41) is 3.19. The highest BCUT2D eigenvalue weighted by Gasteiger charge is 2.17. The molecule has 1 N–H and O–H groups in total. The third-order valence-corrected chi connectivity index (χ3v) is 2.67. The summed E-state index contributed by atoms with van der Waals surface area (Å²) < 4.78 is 23.1. The van der Waals surface area contributed by atoms with E-state index in [9.17, 15) is 9.18 Å². The summed E-state index contributed by atoms with van der Waals surface area (Å²) in [5.41, 5.74) is 0.638. The zero-order chi connectivity index (χ0) is 12.3. The van der Waals surface area contributed by atoms with Crippen molar-refractivity contribution in [3.05, 3.63) is 29.6 Å². The van der Waals surface area contributed by atoms with Crippen molar-refractivity contribution in [3.63, 3.8) is 0 Å². The van der Waals surface area contributed by atoms with Gasteiger partial charge in [-0.15, -0.1) is 0 Å². The van der Waals surface area contributed by atoms with Crippen molar-refractivity contribution in [1.82, 2.24) is 0 Å². The van der Waals surface area contributed by atoms with Gasteiger partial charge in [-0.25, -0.2) is 9.18 Å². The largest absolute Gasteiger partial charge is 0.465 e. The van der Waals surface area contributed by atoms with Gasteiger partial charge in [0, 0.05) is 12.3 Å². The fourth-order valence-electron chi connectivity index (χ4n) is 1.77. The molecule has 0 radical (unpaired) electrons. The average molecular weight is 239 g/mol. The molecule has 1 unspecified atom stereocenters. The van der Waals surface area contributed by atoms with Crippen molar-refractivity contribution in [1.29, 1.82) is 0 Å². The molecule has 1 aliphatic heterocycles. The average Bonchev–Trinajstić information content (AvgIpc) is 2.83. The van der Waals surface area contributed by atoms with Crippen molar-refractivity contribution < 1.29 is 18.7 Å². The van der Waals surface area contributed by atoms with E-state index in [-0.39, 0.29) is 11.6 Å². The Morgan fingerprint density at radius 2 is 2.41 bits per heavy atom. The molecule has 2 rings (SSSR count). The SMILES string of the molecule is COC(=O)c1cc(NC2CCOC2)ccc1F. The predicted octanol–water partition coefficient (Wildman–Crippen LogP) is 1.81. The number of esters is 1. The third-order valence-electron chi connectivity index (χ3n) is 2.67. The number of nitrogens with one attached hydrogen (secondary N) is 1. The molecular formula is C12H14FNO3. The van der Waals surface area contributed by atoms with E-state index in [0.717, 1.165) is 13.0 Å². The molecule has 1 atom stereocenters. The molecule has 1 aromatic carbocycles. The van der Waals surface area contributed by atoms with Gasteiger partial charge in [-0.2, -0.15) is 0 Å². The van der Waals surface area contributed by atoms with Gasteiger partial charge in [0.15, 0.2) is 0 Å². The lowest BCUT2D eigenvalue weighted by molar-refractivity contribution is 0.0595. The number of carbonyl (C=O) groups excluding carboxylic acids is 1. The van der Waals surface area contributed by atoms with Crippen LogP contribution in [0.15, 0.2) is 18.2 Å². The summed E-state index contributed by atoms with van der Waals surface area (Å²) >= 11 is 0. The maximum atomic E-state index is 13.4. The summed E-state index contributed by atoms with van der Waals surface area (Å²) in [5.74, 6) is -1.25. The molecule has 0 amide bonds. The van der Waals surface area contributed by atoms with Gasteiger partial charge in [0.1, 0.15) is 5.82 Å². The van der Waals surface area contributed by atoms with E-state index < -0.39 is 11.8 Å². The number of carbonyl (C=O) groups is 1. The predicted molar refractivity (Wildman–Crippen MR) is 60.6 cm³/mol. The number of halogens is 1. The number of methoxy groups -OCH3 is 1. The van der Waals surface area contributed by atoms with E-state index in [1.165, 1.54) is 19.2 Å². The molecule has 92 valence electrons. The monoisotopic (exact) mass is 239 g/mol. The van der Waals surface area contributed by atoms with Crippen LogP contribution in [-0.4, -0.2) is 32.3 Å². The van der Waals surface area contributed by atoms with Crippen molar-refractivity contribution in [2.45, 2.75) is 12.5 Å². The van der Waals surface area contributed by atoms with Gasteiger partial charge in [0.05, 0.1) is 25.3 Å². The molecule has 1 heterocycles. The lowest BCUT2D eigenvalue weighted by atomic mass is 10.1. The first-order valence-corrected chi connectivity index (χ1v) is 5.43. The zero-order valence-corrected chi connectivity index (χ0v) is 9.53. The number of hydrogen-bond donors (Lipinski definition) is 1. The Labute approximate surface area is 98.7 Å². The van der Waals surface area contributed by atoms with Gasteiger partial charge >= 0.3 is 5.97 Å². The first-order chi connectivity index (χ1) is 8.20. The van der Waals surface area contributed by atoms with Crippen LogP contribution in [0.5, 0.6) is 0 Å². The second-order valence-electron chi connectivity index (χ2n) is 3.89. The van der Waals surface area contributed by atoms with Gasteiger partial charge in [0.2, 0.25) is 0 Å². The molecule has 0 bridgehead atoms. The number of benzene rings is 1. The molecule has 1 fully saturated rings. The minimum atomic E-state index is -0.672. The van der Waals surface area contributed by atoms with Crippen LogP contribution < -0.4 is 5.32 Å². The highest BCUT2D eigenvalue weighted by molar-refractivity contribution is 5.90. The van der Waals surface area contributed by atoms with Crippen molar-refractivity contribution in [3.8, 4) is 0 Å². The summed E-state index contributed by atoms with van der Waals surface area (Å²) in [6, 6.07) is 4.52. The van der Waals surface area contributed by atoms with E-state index in [1.807, 2.05) is 0 Å². The first-order valence-electron chi connectivity index (χ1n) is 5.43. The molecule has 0 saturated carbocycles. The van der Waals surface area contributed by atoms with Crippen LogP contribution in [0.1, 0.15) is 16.8 Å². The van der Waals surface area contributed by atoms with Crippen LogP contribution in [0.3, 0.4) is 0 Å². The fourth-order valence-corrected chi connectivity index (χ4v) is 1.77. The Morgan fingerprint density at radius 3 is 3.06 bits per heavy atom. The Balaban J connectivity index is 2.15. The Kier molecular flexibility index (Phi) is 3.58. The van der Waals surface area contributed by atoms with E-state index in [2.05, 4.69) is 10.1 Å². The van der Waals surface area contributed by atoms with Crippen molar-refractivity contribution >= 4 is 11.7 Å². The van der Waals surface area contributed by atoms with E-state index in [4.69, 9.17) is 4.74 Å². The van der Waals surface area contributed by atoms with Crippen LogP contribution in [0, 0.1) is 5.82 Å². The molecule has 17 heavy (non-hydrogen) atoms. The molecule has 1 aromatic rings. The molecule has 0 aliphatic carbocycles. The second-order valence-corrected chi connectivity index (χ2v) is 3.89. The highest BCUT2D eigenvalue weighted by atomic mass is 19.1. The summed E-state index contributed by atoms with van der Waals surface area (Å²) in [6.45, 7) is 1.35. The number of ether oxygens (including phenoxy) is 2. The third kappa shape index (κ3) is 2.74. The minimum absolute atomic E-state index is 0.0589. The van der Waals surface area contributed by atoms with Gasteiger partial charge in [-0.05, 0) is 24.6 Å². The number of rotatable bonds is 3. The number of anilines is 1. The van der Waals surface area contributed by atoms with Crippen molar-refractivity contribution in [2.75, 3.05) is 25.6 Å². The smallest absolute Gasteiger partial charge is 0.340 e. The van der Waals surface area contributed by atoms with Crippen LogP contribution in [0.2, 0.25) is 0 Å². The normalized spacial score (nSPS) is 19.1. The van der Waals surface area contributed by atoms with Gasteiger partial charge in [0.25, 0.3) is 0 Å². The van der Waals surface area contributed by atoms with Gasteiger partial charge in [-0.3, -0.25) is 0 Å². The molecular weight excluding hydrogens is 225 g/mol. The zero-order valence-electron chi connectivity index (χ0n) is 9.53. The van der Waals surface area contributed by atoms with Crippen LogP contribution in [0.4, 0.5) is 10.1 Å². The topological polar surface area (TPSA) is 47.6 Å². The highest BCUT2D eigenvalue weighted by Crippen LogP contribution is 2.18. The van der Waals surface area contributed by atoms with Gasteiger partial charge < -0.3 is 14.8 Å². The standard InChI is InChI=1S/C12H14FNO3/c1-16-12(15)10-6-8(2-3-11(10)13)14-9-4-5-17-7-9/h2-3,6,9,14H,4-5,7H2,1H3. The van der Waals surface area contributed by atoms with E-state index in [1.54, 1.807) is 6.07 Å². The lowest BCUT2D eigenvalue weighted by Gasteiger charge is -2.13. The van der Waals surface area contributed by atoms with Crippen LogP contribution >= 0.6 is 0 Å². The molecule has 0 spiro atoms. The fraction of sp³-hybridized carbons (Fsp3) is 0.417. The van der Waals surface area contributed by atoms with E-state index in [0.29, 0.717) is 12.3 Å².